The van der Waals surface area contributed by atoms with E-state index < -0.39 is 17.3 Å². The molecule has 4 aliphatic rings. The Bertz CT molecular complexity index is 1300. The van der Waals surface area contributed by atoms with Crippen LogP contribution in [0.3, 0.4) is 0 Å². The van der Waals surface area contributed by atoms with E-state index in [4.69, 9.17) is 0 Å². The first-order valence-electron chi connectivity index (χ1n) is 13.3. The SMILES string of the molecule is CN1C(=O)C2(CCNCC2)c2cc(-c3ccc(C[C@@H](C#N)NC(=O)[C@H]4N[C@@H]5CC[C@H]4C5)c(F)c3)ccc21. The van der Waals surface area contributed by atoms with E-state index in [0.717, 1.165) is 67.6 Å². The van der Waals surface area contributed by atoms with Crippen LogP contribution in [0.4, 0.5) is 10.1 Å². The van der Waals surface area contributed by atoms with Crippen LogP contribution in [0.15, 0.2) is 36.4 Å². The molecule has 1 spiro atoms. The van der Waals surface area contributed by atoms with Crippen molar-refractivity contribution in [3.05, 3.63) is 53.3 Å². The third-order valence-electron chi connectivity index (χ3n) is 8.97. The molecule has 3 aliphatic heterocycles. The number of carbonyl (C=O) groups is 2. The van der Waals surface area contributed by atoms with E-state index in [-0.39, 0.29) is 24.3 Å². The summed E-state index contributed by atoms with van der Waals surface area (Å²) < 4.78 is 15.2. The van der Waals surface area contributed by atoms with E-state index in [1.807, 2.05) is 31.3 Å². The molecule has 1 saturated carbocycles. The van der Waals surface area contributed by atoms with Crippen LogP contribution >= 0.6 is 0 Å². The Kier molecular flexibility index (Phi) is 6.01. The van der Waals surface area contributed by atoms with Crippen LogP contribution in [-0.4, -0.2) is 50.1 Å². The lowest BCUT2D eigenvalue weighted by molar-refractivity contribution is -0.125. The number of likely N-dealkylation sites (N-methyl/N-ethyl adjacent to an activating group) is 1. The molecule has 7 nitrogen and oxygen atoms in total. The van der Waals surface area contributed by atoms with E-state index in [2.05, 4.69) is 22.0 Å². The number of amides is 2. The highest BCUT2D eigenvalue weighted by Crippen LogP contribution is 2.47. The molecule has 2 aromatic carbocycles. The van der Waals surface area contributed by atoms with Gasteiger partial charge in [0.15, 0.2) is 0 Å². The molecular weight excluding hydrogens is 469 g/mol. The van der Waals surface area contributed by atoms with Gasteiger partial charge in [-0.15, -0.1) is 0 Å². The van der Waals surface area contributed by atoms with Gasteiger partial charge in [-0.3, -0.25) is 9.59 Å². The Hall–Kier alpha value is -3.28. The summed E-state index contributed by atoms with van der Waals surface area (Å²) in [6.07, 6.45) is 4.75. The summed E-state index contributed by atoms with van der Waals surface area (Å²) in [5.74, 6) is -0.115. The van der Waals surface area contributed by atoms with E-state index in [0.29, 0.717) is 17.5 Å². The lowest BCUT2D eigenvalue weighted by Crippen LogP contribution is -2.50. The van der Waals surface area contributed by atoms with Gasteiger partial charge in [-0.2, -0.15) is 5.26 Å². The van der Waals surface area contributed by atoms with E-state index >= 15 is 4.39 Å². The Balaban J connectivity index is 1.20. The Morgan fingerprint density at radius 1 is 1.22 bits per heavy atom. The number of hydrogen-bond acceptors (Lipinski definition) is 5. The molecular formula is C29H32FN5O2. The first kappa shape index (κ1) is 24.1. The number of hydrogen-bond donors (Lipinski definition) is 3. The van der Waals surface area contributed by atoms with Crippen LogP contribution in [0.5, 0.6) is 0 Å². The number of fused-ring (bicyclic) bond motifs is 4. The average Bonchev–Trinajstić information content (AvgIpc) is 3.61. The first-order chi connectivity index (χ1) is 17.9. The molecule has 37 heavy (non-hydrogen) atoms. The molecule has 8 heteroatoms. The summed E-state index contributed by atoms with van der Waals surface area (Å²) in [7, 11) is 1.82. The molecule has 0 unspecified atom stereocenters. The monoisotopic (exact) mass is 501 g/mol. The molecule has 2 aromatic rings. The molecule has 2 amide bonds. The number of nitrogens with one attached hydrogen (secondary N) is 3. The van der Waals surface area contributed by atoms with E-state index in [9.17, 15) is 14.9 Å². The predicted molar refractivity (Wildman–Crippen MR) is 138 cm³/mol. The van der Waals surface area contributed by atoms with Gasteiger partial charge >= 0.3 is 0 Å². The molecule has 3 heterocycles. The normalized spacial score (nSPS) is 26.2. The van der Waals surface area contributed by atoms with Crippen LogP contribution in [-0.2, 0) is 21.4 Å². The third kappa shape index (κ3) is 4.01. The summed E-state index contributed by atoms with van der Waals surface area (Å²) in [6.45, 7) is 1.59. The summed E-state index contributed by atoms with van der Waals surface area (Å²) in [5, 5.41) is 19.1. The highest BCUT2D eigenvalue weighted by Gasteiger charge is 2.50. The van der Waals surface area contributed by atoms with Crippen LogP contribution in [0.25, 0.3) is 11.1 Å². The van der Waals surface area contributed by atoms with Gasteiger partial charge in [-0.05, 0) is 91.6 Å². The smallest absolute Gasteiger partial charge is 0.238 e. The number of halogens is 1. The van der Waals surface area contributed by atoms with Gasteiger partial charge in [0.05, 0.1) is 17.5 Å². The zero-order valence-electron chi connectivity index (χ0n) is 21.0. The molecule has 0 radical (unpaired) electrons. The van der Waals surface area contributed by atoms with Crippen molar-refractivity contribution in [3.8, 4) is 17.2 Å². The number of carbonyl (C=O) groups excluding carboxylic acids is 2. The van der Waals surface area contributed by atoms with Gasteiger partial charge < -0.3 is 20.9 Å². The largest absolute Gasteiger partial charge is 0.339 e. The summed E-state index contributed by atoms with van der Waals surface area (Å²) >= 11 is 0. The number of nitrogens with zero attached hydrogens (tertiary/aromatic N) is 2. The Morgan fingerprint density at radius 3 is 2.65 bits per heavy atom. The van der Waals surface area contributed by atoms with Crippen molar-refractivity contribution in [2.75, 3.05) is 25.0 Å². The fourth-order valence-electron chi connectivity index (χ4n) is 6.93. The predicted octanol–water partition coefficient (Wildman–Crippen LogP) is 2.78. The maximum Gasteiger partial charge on any atom is 0.238 e. The maximum atomic E-state index is 15.2. The van der Waals surface area contributed by atoms with Gasteiger partial charge in [-0.25, -0.2) is 4.39 Å². The van der Waals surface area contributed by atoms with Crippen LogP contribution < -0.4 is 20.9 Å². The number of piperidine rings is 2. The summed E-state index contributed by atoms with van der Waals surface area (Å²) in [5.41, 5.74) is 3.39. The first-order valence-corrected chi connectivity index (χ1v) is 13.3. The Morgan fingerprint density at radius 2 is 1.97 bits per heavy atom. The molecule has 192 valence electrons. The summed E-state index contributed by atoms with van der Waals surface area (Å²) in [6, 6.07) is 12.4. The minimum absolute atomic E-state index is 0.106. The van der Waals surface area contributed by atoms with Gasteiger partial charge in [-0.1, -0.05) is 18.2 Å². The third-order valence-corrected chi connectivity index (χ3v) is 8.97. The van der Waals surface area contributed by atoms with Crippen molar-refractivity contribution in [1.82, 2.24) is 16.0 Å². The standard InChI is InChI=1S/C29H32FN5O2/c1-35-25-7-5-17(14-23(25)29(28(35)37)8-10-32-11-9-29)18-2-3-19(24(30)15-18)12-22(16-31)34-27(36)26-20-4-6-21(13-20)33-26/h2-3,5,7,14-15,20-22,26,32-33H,4,6,8-13H2,1H3,(H,34,36)/t20-,21+,22-,26-/m0/s1. The van der Waals surface area contributed by atoms with Crippen molar-refractivity contribution < 1.29 is 14.0 Å². The fraction of sp³-hybridized carbons (Fsp3) is 0.483. The molecule has 3 N–H and O–H groups in total. The lowest BCUT2D eigenvalue weighted by Gasteiger charge is -2.32. The van der Waals surface area contributed by atoms with Crippen molar-refractivity contribution in [2.24, 2.45) is 5.92 Å². The number of benzene rings is 2. The highest BCUT2D eigenvalue weighted by molar-refractivity contribution is 6.08. The van der Waals surface area contributed by atoms with Crippen LogP contribution in [0, 0.1) is 23.1 Å². The van der Waals surface area contributed by atoms with Crippen molar-refractivity contribution in [3.63, 3.8) is 0 Å². The second-order valence-corrected chi connectivity index (χ2v) is 11.0. The van der Waals surface area contributed by atoms with Crippen molar-refractivity contribution in [2.45, 2.75) is 62.1 Å². The minimum Gasteiger partial charge on any atom is -0.339 e. The fourth-order valence-corrected chi connectivity index (χ4v) is 6.93. The van der Waals surface area contributed by atoms with Crippen molar-refractivity contribution in [1.29, 1.82) is 5.26 Å². The number of rotatable bonds is 5. The second kappa shape index (κ2) is 9.23. The molecule has 3 fully saturated rings. The topological polar surface area (TPSA) is 97.3 Å². The van der Waals surface area contributed by atoms with Gasteiger partial charge in [0.25, 0.3) is 0 Å². The summed E-state index contributed by atoms with van der Waals surface area (Å²) in [4.78, 5) is 27.7. The number of anilines is 1. The molecule has 2 saturated heterocycles. The minimum atomic E-state index is -0.796. The highest BCUT2D eigenvalue weighted by atomic mass is 19.1. The Labute approximate surface area is 216 Å². The number of nitriles is 1. The zero-order valence-corrected chi connectivity index (χ0v) is 21.0. The quantitative estimate of drug-likeness (QED) is 0.586. The van der Waals surface area contributed by atoms with Gasteiger partial charge in [0.2, 0.25) is 11.8 Å². The van der Waals surface area contributed by atoms with Gasteiger partial charge in [0, 0.05) is 25.2 Å². The molecule has 6 rings (SSSR count). The second-order valence-electron chi connectivity index (χ2n) is 11.0. The lowest BCUT2D eigenvalue weighted by atomic mass is 9.73. The average molecular weight is 502 g/mol. The van der Waals surface area contributed by atoms with Crippen LogP contribution in [0.1, 0.15) is 43.2 Å². The molecule has 1 aliphatic carbocycles. The van der Waals surface area contributed by atoms with Crippen molar-refractivity contribution >= 4 is 17.5 Å². The maximum absolute atomic E-state index is 15.2. The van der Waals surface area contributed by atoms with E-state index in [1.165, 1.54) is 6.07 Å². The van der Waals surface area contributed by atoms with Gasteiger partial charge in [0.1, 0.15) is 11.9 Å². The molecule has 0 aromatic heterocycles. The van der Waals surface area contributed by atoms with Crippen LogP contribution in [0.2, 0.25) is 0 Å². The molecule has 4 atom stereocenters. The molecule has 2 bridgehead atoms. The zero-order chi connectivity index (χ0) is 25.7. The van der Waals surface area contributed by atoms with E-state index in [1.54, 1.807) is 11.0 Å².